The molecular weight excluding hydrogens is 248 g/mol. The fourth-order valence-corrected chi connectivity index (χ4v) is 1.93. The highest BCUT2D eigenvalue weighted by Crippen LogP contribution is 2.20. The molecule has 0 radical (unpaired) electrons. The van der Waals surface area contributed by atoms with E-state index < -0.39 is 11.5 Å². The summed E-state index contributed by atoms with van der Waals surface area (Å²) in [5.74, 6) is -1.49. The number of carboxylic acid groups (broad SMARTS) is 1. The Kier molecular flexibility index (Phi) is 3.19. The Bertz CT molecular complexity index is 563. The third kappa shape index (κ3) is 2.39. The van der Waals surface area contributed by atoms with Gasteiger partial charge in [0, 0.05) is 19.3 Å². The van der Waals surface area contributed by atoms with Crippen molar-refractivity contribution >= 4 is 11.9 Å². The number of likely N-dealkylation sites (tertiary alicyclic amines) is 1. The first-order valence-electron chi connectivity index (χ1n) is 5.64. The molecule has 1 aliphatic heterocycles. The number of hydrogen-bond acceptors (Lipinski definition) is 5. The topological polar surface area (TPSA) is 120 Å². The van der Waals surface area contributed by atoms with Crippen LogP contribution < -0.4 is 5.73 Å². The van der Waals surface area contributed by atoms with Gasteiger partial charge in [0.1, 0.15) is 17.3 Å². The molecule has 1 fully saturated rings. The monoisotopic (exact) mass is 260 g/mol. The van der Waals surface area contributed by atoms with Crippen LogP contribution in [0.4, 0.5) is 0 Å². The predicted molar refractivity (Wildman–Crippen MR) is 64.0 cm³/mol. The molecule has 0 spiro atoms. The van der Waals surface area contributed by atoms with E-state index in [2.05, 4.69) is 4.98 Å². The van der Waals surface area contributed by atoms with Crippen LogP contribution in [0.1, 0.15) is 22.5 Å². The number of hydrogen-bond donors (Lipinski definition) is 2. The summed E-state index contributed by atoms with van der Waals surface area (Å²) in [7, 11) is 0. The maximum Gasteiger partial charge on any atom is 0.325 e. The van der Waals surface area contributed by atoms with Gasteiger partial charge in [0.25, 0.3) is 5.91 Å². The Labute approximate surface area is 109 Å². The van der Waals surface area contributed by atoms with Crippen molar-refractivity contribution < 1.29 is 14.7 Å². The van der Waals surface area contributed by atoms with Crippen LogP contribution in [0.15, 0.2) is 18.3 Å². The standard InChI is InChI=1S/C12H12N4O3/c13-5-8-1-2-9(15-6-8)10(17)16-4-3-12(14,7-16)11(18)19/h1-2,6H,3-4,7,14H2,(H,18,19). The molecule has 0 aliphatic carbocycles. The van der Waals surface area contributed by atoms with Crippen molar-refractivity contribution in [1.82, 2.24) is 9.88 Å². The molecule has 0 saturated carbocycles. The second-order valence-electron chi connectivity index (χ2n) is 4.48. The van der Waals surface area contributed by atoms with Gasteiger partial charge in [0.15, 0.2) is 0 Å². The number of carboxylic acids is 1. The molecular formula is C12H12N4O3. The Morgan fingerprint density at radius 1 is 1.53 bits per heavy atom. The zero-order valence-electron chi connectivity index (χ0n) is 10.0. The lowest BCUT2D eigenvalue weighted by molar-refractivity contribution is -0.142. The van der Waals surface area contributed by atoms with Crippen molar-refractivity contribution in [2.24, 2.45) is 5.73 Å². The van der Waals surface area contributed by atoms with E-state index in [0.29, 0.717) is 5.56 Å². The lowest BCUT2D eigenvalue weighted by Gasteiger charge is -2.19. The first-order valence-corrected chi connectivity index (χ1v) is 5.64. The fourth-order valence-electron chi connectivity index (χ4n) is 1.93. The molecule has 1 saturated heterocycles. The molecule has 1 unspecified atom stereocenters. The number of rotatable bonds is 2. The summed E-state index contributed by atoms with van der Waals surface area (Å²) >= 11 is 0. The molecule has 2 heterocycles. The third-order valence-electron chi connectivity index (χ3n) is 3.13. The molecule has 3 N–H and O–H groups in total. The third-order valence-corrected chi connectivity index (χ3v) is 3.13. The van der Waals surface area contributed by atoms with E-state index in [9.17, 15) is 9.59 Å². The molecule has 0 bridgehead atoms. The number of carbonyl (C=O) groups is 2. The Hall–Kier alpha value is -2.46. The minimum atomic E-state index is -1.39. The Morgan fingerprint density at radius 3 is 2.74 bits per heavy atom. The number of aliphatic carboxylic acids is 1. The van der Waals surface area contributed by atoms with Crippen LogP contribution in [0.25, 0.3) is 0 Å². The Balaban J connectivity index is 2.13. The van der Waals surface area contributed by atoms with E-state index >= 15 is 0 Å². The lowest BCUT2D eigenvalue weighted by Crippen LogP contribution is -2.50. The highest BCUT2D eigenvalue weighted by atomic mass is 16.4. The average Bonchev–Trinajstić information content (AvgIpc) is 2.82. The number of amides is 1. The first kappa shape index (κ1) is 13.0. The molecule has 98 valence electrons. The van der Waals surface area contributed by atoms with Gasteiger partial charge in [-0.05, 0) is 18.6 Å². The molecule has 1 aromatic rings. The normalized spacial score (nSPS) is 22.0. The van der Waals surface area contributed by atoms with Crippen molar-refractivity contribution in [1.29, 1.82) is 5.26 Å². The predicted octanol–water partition coefficient (Wildman–Crippen LogP) is -0.419. The summed E-state index contributed by atoms with van der Waals surface area (Å²) in [6.45, 7) is 0.242. The SMILES string of the molecule is N#Cc1ccc(C(=O)N2CCC(N)(C(=O)O)C2)nc1. The highest BCUT2D eigenvalue weighted by molar-refractivity contribution is 5.93. The van der Waals surface area contributed by atoms with Gasteiger partial charge in [-0.2, -0.15) is 5.26 Å². The van der Waals surface area contributed by atoms with Gasteiger partial charge in [0.2, 0.25) is 0 Å². The van der Waals surface area contributed by atoms with Crippen molar-refractivity contribution in [3.8, 4) is 6.07 Å². The molecule has 7 nitrogen and oxygen atoms in total. The Morgan fingerprint density at radius 2 is 2.26 bits per heavy atom. The molecule has 1 aromatic heterocycles. The van der Waals surface area contributed by atoms with Gasteiger partial charge in [-0.1, -0.05) is 0 Å². The molecule has 2 rings (SSSR count). The van der Waals surface area contributed by atoms with Crippen LogP contribution in [0.3, 0.4) is 0 Å². The number of nitrogens with zero attached hydrogens (tertiary/aromatic N) is 3. The van der Waals surface area contributed by atoms with Gasteiger partial charge in [0.05, 0.1) is 5.56 Å². The van der Waals surface area contributed by atoms with Gasteiger partial charge in [-0.25, -0.2) is 4.98 Å². The zero-order valence-corrected chi connectivity index (χ0v) is 10.0. The summed E-state index contributed by atoms with van der Waals surface area (Å²) < 4.78 is 0. The van der Waals surface area contributed by atoms with E-state index in [1.807, 2.05) is 6.07 Å². The van der Waals surface area contributed by atoms with E-state index in [1.165, 1.54) is 23.2 Å². The summed E-state index contributed by atoms with van der Waals surface area (Å²) in [6.07, 6.45) is 1.51. The summed E-state index contributed by atoms with van der Waals surface area (Å²) in [6, 6.07) is 4.84. The number of carbonyl (C=O) groups excluding carboxylic acids is 1. The molecule has 19 heavy (non-hydrogen) atoms. The first-order chi connectivity index (χ1) is 8.96. The zero-order chi connectivity index (χ0) is 14.0. The summed E-state index contributed by atoms with van der Waals surface area (Å²) in [5.41, 5.74) is 4.84. The van der Waals surface area contributed by atoms with E-state index in [-0.39, 0.29) is 31.1 Å². The molecule has 1 aliphatic rings. The fraction of sp³-hybridized carbons (Fsp3) is 0.333. The summed E-state index contributed by atoms with van der Waals surface area (Å²) in [4.78, 5) is 28.3. The summed E-state index contributed by atoms with van der Waals surface area (Å²) in [5, 5.41) is 17.6. The minimum Gasteiger partial charge on any atom is -0.480 e. The van der Waals surface area contributed by atoms with Gasteiger partial charge < -0.3 is 15.7 Å². The second kappa shape index (κ2) is 4.66. The van der Waals surface area contributed by atoms with Gasteiger partial charge in [-0.3, -0.25) is 9.59 Å². The van der Waals surface area contributed by atoms with Crippen LogP contribution in [0, 0.1) is 11.3 Å². The molecule has 1 atom stereocenters. The maximum atomic E-state index is 12.1. The van der Waals surface area contributed by atoms with Crippen LogP contribution in [-0.4, -0.2) is 45.5 Å². The number of nitriles is 1. The van der Waals surface area contributed by atoms with Crippen LogP contribution in [0.2, 0.25) is 0 Å². The largest absolute Gasteiger partial charge is 0.480 e. The number of aromatic nitrogens is 1. The average molecular weight is 260 g/mol. The van der Waals surface area contributed by atoms with Crippen LogP contribution in [0.5, 0.6) is 0 Å². The molecule has 0 aromatic carbocycles. The quantitative estimate of drug-likeness (QED) is 0.745. The van der Waals surface area contributed by atoms with Gasteiger partial charge in [-0.15, -0.1) is 0 Å². The van der Waals surface area contributed by atoms with E-state index in [0.717, 1.165) is 0 Å². The minimum absolute atomic E-state index is 0.0388. The van der Waals surface area contributed by atoms with E-state index in [1.54, 1.807) is 0 Å². The lowest BCUT2D eigenvalue weighted by atomic mass is 10.0. The smallest absolute Gasteiger partial charge is 0.325 e. The number of pyridine rings is 1. The van der Waals surface area contributed by atoms with Gasteiger partial charge >= 0.3 is 5.97 Å². The molecule has 7 heteroatoms. The van der Waals surface area contributed by atoms with E-state index in [4.69, 9.17) is 16.1 Å². The number of nitrogens with two attached hydrogens (primary N) is 1. The van der Waals surface area contributed by atoms with Crippen molar-refractivity contribution in [3.63, 3.8) is 0 Å². The molecule has 1 amide bonds. The van der Waals surface area contributed by atoms with Crippen molar-refractivity contribution in [3.05, 3.63) is 29.6 Å². The van der Waals surface area contributed by atoms with Crippen molar-refractivity contribution in [2.75, 3.05) is 13.1 Å². The van der Waals surface area contributed by atoms with Crippen LogP contribution >= 0.6 is 0 Å². The van der Waals surface area contributed by atoms with Crippen molar-refractivity contribution in [2.45, 2.75) is 12.0 Å². The highest BCUT2D eigenvalue weighted by Gasteiger charge is 2.43. The van der Waals surface area contributed by atoms with Crippen LogP contribution in [-0.2, 0) is 4.79 Å². The maximum absolute atomic E-state index is 12.1. The second-order valence-corrected chi connectivity index (χ2v) is 4.48.